The van der Waals surface area contributed by atoms with Gasteiger partial charge in [0.1, 0.15) is 5.82 Å². The van der Waals surface area contributed by atoms with Crippen molar-refractivity contribution >= 4 is 33.9 Å². The molecule has 6 heteroatoms. The number of carbonyl (C=O) groups excluding carboxylic acids is 1. The maximum atomic E-state index is 12.3. The van der Waals surface area contributed by atoms with E-state index in [9.17, 15) is 9.59 Å². The minimum Gasteiger partial charge on any atom is -0.356 e. The van der Waals surface area contributed by atoms with Crippen molar-refractivity contribution in [3.8, 4) is 0 Å². The van der Waals surface area contributed by atoms with Crippen LogP contribution in [0, 0.1) is 0 Å². The Hall–Kier alpha value is -3.93. The molecule has 0 unspecified atom stereocenters. The lowest BCUT2D eigenvalue weighted by atomic mass is 10.2. The first-order chi connectivity index (χ1) is 14.2. The minimum atomic E-state index is -0.187. The number of nitrogens with one attached hydrogen (secondary N) is 3. The lowest BCUT2D eigenvalue weighted by molar-refractivity contribution is -0.116. The second-order valence-electron chi connectivity index (χ2n) is 6.65. The van der Waals surface area contributed by atoms with Gasteiger partial charge in [0.25, 0.3) is 5.56 Å². The van der Waals surface area contributed by atoms with Crippen molar-refractivity contribution in [2.75, 3.05) is 10.6 Å². The van der Waals surface area contributed by atoms with Crippen LogP contribution >= 0.6 is 0 Å². The van der Waals surface area contributed by atoms with E-state index in [2.05, 4.69) is 20.6 Å². The number of aryl methyl sites for hydroxylation is 1. The Bertz CT molecular complexity index is 1180. The molecule has 6 nitrogen and oxygen atoms in total. The zero-order valence-corrected chi connectivity index (χ0v) is 15.7. The third kappa shape index (κ3) is 4.68. The van der Waals surface area contributed by atoms with E-state index in [1.165, 1.54) is 0 Å². The third-order valence-electron chi connectivity index (χ3n) is 4.48. The van der Waals surface area contributed by atoms with Crippen LogP contribution in [0.5, 0.6) is 0 Å². The number of para-hydroxylation sites is 2. The first-order valence-corrected chi connectivity index (χ1v) is 9.37. The fourth-order valence-corrected chi connectivity index (χ4v) is 3.03. The van der Waals surface area contributed by atoms with Crippen LogP contribution in [-0.2, 0) is 11.2 Å². The molecule has 0 fully saturated rings. The Kier molecular flexibility index (Phi) is 5.33. The highest BCUT2D eigenvalue weighted by Gasteiger charge is 2.07. The predicted molar refractivity (Wildman–Crippen MR) is 115 cm³/mol. The normalized spacial score (nSPS) is 10.6. The highest BCUT2D eigenvalue weighted by atomic mass is 16.1. The second kappa shape index (κ2) is 8.39. The summed E-state index contributed by atoms with van der Waals surface area (Å²) in [6.07, 6.45) is 0.588. The van der Waals surface area contributed by atoms with E-state index in [1.54, 1.807) is 18.2 Å². The van der Waals surface area contributed by atoms with Crippen LogP contribution in [0.1, 0.15) is 12.2 Å². The van der Waals surface area contributed by atoms with Crippen molar-refractivity contribution in [1.82, 2.24) is 9.97 Å². The molecule has 3 aromatic carbocycles. The molecule has 1 heterocycles. The van der Waals surface area contributed by atoms with Gasteiger partial charge in [0.15, 0.2) is 0 Å². The Labute approximate surface area is 167 Å². The zero-order valence-electron chi connectivity index (χ0n) is 15.7. The summed E-state index contributed by atoms with van der Waals surface area (Å²) in [5, 5.41) is 6.71. The fourth-order valence-electron chi connectivity index (χ4n) is 3.03. The van der Waals surface area contributed by atoms with Gasteiger partial charge in [0, 0.05) is 29.9 Å². The van der Waals surface area contributed by atoms with Crippen LogP contribution in [-0.4, -0.2) is 15.9 Å². The van der Waals surface area contributed by atoms with Crippen LogP contribution in [0.4, 0.5) is 17.1 Å². The first kappa shape index (κ1) is 18.4. The van der Waals surface area contributed by atoms with Crippen molar-refractivity contribution in [3.05, 3.63) is 95.0 Å². The summed E-state index contributed by atoms with van der Waals surface area (Å²) < 4.78 is 0. The summed E-state index contributed by atoms with van der Waals surface area (Å²) in [5.41, 5.74) is 3.10. The number of rotatable bonds is 6. The van der Waals surface area contributed by atoms with E-state index in [0.29, 0.717) is 28.8 Å². The van der Waals surface area contributed by atoms with E-state index < -0.39 is 0 Å². The number of benzene rings is 3. The molecule has 0 spiro atoms. The predicted octanol–water partition coefficient (Wildman–Crippen LogP) is 4.24. The summed E-state index contributed by atoms with van der Waals surface area (Å²) in [6, 6.07) is 24.5. The van der Waals surface area contributed by atoms with Gasteiger partial charge in [-0.3, -0.25) is 9.59 Å². The number of aromatic amines is 1. The number of fused-ring (bicyclic) bond motifs is 1. The van der Waals surface area contributed by atoms with Crippen LogP contribution in [0.2, 0.25) is 0 Å². The topological polar surface area (TPSA) is 86.9 Å². The summed E-state index contributed by atoms with van der Waals surface area (Å²) in [4.78, 5) is 31.5. The number of amides is 1. The van der Waals surface area contributed by atoms with Crippen molar-refractivity contribution in [1.29, 1.82) is 0 Å². The molecule has 4 rings (SSSR count). The molecule has 29 heavy (non-hydrogen) atoms. The summed E-state index contributed by atoms with van der Waals surface area (Å²) in [7, 11) is 0. The second-order valence-corrected chi connectivity index (χ2v) is 6.65. The molecule has 0 bridgehead atoms. The van der Waals surface area contributed by atoms with Crippen molar-refractivity contribution in [3.63, 3.8) is 0 Å². The largest absolute Gasteiger partial charge is 0.356 e. The number of anilines is 3. The van der Waals surface area contributed by atoms with Gasteiger partial charge >= 0.3 is 0 Å². The van der Waals surface area contributed by atoms with Gasteiger partial charge < -0.3 is 15.6 Å². The Morgan fingerprint density at radius 1 is 0.828 bits per heavy atom. The molecule has 0 saturated heterocycles. The Balaban J connectivity index is 1.34. The maximum absolute atomic E-state index is 12.3. The smallest absolute Gasteiger partial charge is 0.258 e. The van der Waals surface area contributed by atoms with E-state index >= 15 is 0 Å². The lowest BCUT2D eigenvalue weighted by Crippen LogP contribution is -2.16. The molecular formula is C23H20N4O2. The van der Waals surface area contributed by atoms with E-state index in [-0.39, 0.29) is 17.9 Å². The molecule has 1 amide bonds. The first-order valence-electron chi connectivity index (χ1n) is 9.37. The average molecular weight is 384 g/mol. The van der Waals surface area contributed by atoms with E-state index in [0.717, 1.165) is 11.4 Å². The van der Waals surface area contributed by atoms with Gasteiger partial charge in [-0.1, -0.05) is 30.3 Å². The van der Waals surface area contributed by atoms with Crippen molar-refractivity contribution in [2.45, 2.75) is 12.8 Å². The van der Waals surface area contributed by atoms with Crippen molar-refractivity contribution in [2.24, 2.45) is 0 Å². The maximum Gasteiger partial charge on any atom is 0.258 e. The summed E-state index contributed by atoms with van der Waals surface area (Å²) >= 11 is 0. The highest BCUT2D eigenvalue weighted by Crippen LogP contribution is 2.18. The molecule has 0 aliphatic heterocycles. The number of aromatic nitrogens is 2. The van der Waals surface area contributed by atoms with E-state index in [1.807, 2.05) is 60.7 Å². The number of hydrogen-bond donors (Lipinski definition) is 3. The molecule has 0 radical (unpaired) electrons. The molecule has 0 aliphatic rings. The monoisotopic (exact) mass is 384 g/mol. The minimum absolute atomic E-state index is 0.135. The number of nitrogens with zero attached hydrogens (tertiary/aromatic N) is 1. The van der Waals surface area contributed by atoms with Gasteiger partial charge in [0.2, 0.25) is 5.91 Å². The van der Waals surface area contributed by atoms with Crippen molar-refractivity contribution < 1.29 is 4.79 Å². The van der Waals surface area contributed by atoms with Gasteiger partial charge in [-0.25, -0.2) is 4.98 Å². The van der Waals surface area contributed by atoms with E-state index in [4.69, 9.17) is 0 Å². The van der Waals surface area contributed by atoms with Crippen LogP contribution in [0.3, 0.4) is 0 Å². The van der Waals surface area contributed by atoms with Crippen LogP contribution < -0.4 is 16.2 Å². The Morgan fingerprint density at radius 3 is 2.28 bits per heavy atom. The molecule has 0 saturated carbocycles. The quantitative estimate of drug-likeness (QED) is 0.464. The Morgan fingerprint density at radius 2 is 1.48 bits per heavy atom. The standard InChI is InChI=1S/C23H20N4O2/c28-22(15-14-21-26-20-9-5-4-8-19(20)23(29)27-21)25-18-12-10-17(11-13-18)24-16-6-2-1-3-7-16/h1-13,24H,14-15H2,(H,25,28)(H,26,27,29). The van der Waals surface area contributed by atoms with Crippen LogP contribution in [0.15, 0.2) is 83.7 Å². The number of H-pyrrole nitrogens is 1. The summed E-state index contributed by atoms with van der Waals surface area (Å²) in [5.74, 6) is 0.371. The molecule has 144 valence electrons. The molecular weight excluding hydrogens is 364 g/mol. The highest BCUT2D eigenvalue weighted by molar-refractivity contribution is 5.91. The summed E-state index contributed by atoms with van der Waals surface area (Å²) in [6.45, 7) is 0. The number of carbonyl (C=O) groups is 1. The molecule has 4 aromatic rings. The zero-order chi connectivity index (χ0) is 20.1. The van der Waals surface area contributed by atoms with Gasteiger partial charge in [-0.15, -0.1) is 0 Å². The third-order valence-corrected chi connectivity index (χ3v) is 4.48. The fraction of sp³-hybridized carbons (Fsp3) is 0.0870. The number of hydrogen-bond acceptors (Lipinski definition) is 4. The van der Waals surface area contributed by atoms with Gasteiger partial charge in [-0.2, -0.15) is 0 Å². The van der Waals surface area contributed by atoms with Gasteiger partial charge in [0.05, 0.1) is 10.9 Å². The molecule has 3 N–H and O–H groups in total. The molecule has 1 aromatic heterocycles. The van der Waals surface area contributed by atoms with Gasteiger partial charge in [-0.05, 0) is 48.5 Å². The average Bonchev–Trinajstić information content (AvgIpc) is 2.74. The molecule has 0 aliphatic carbocycles. The van der Waals surface area contributed by atoms with Crippen LogP contribution in [0.25, 0.3) is 10.9 Å². The SMILES string of the molecule is O=C(CCc1nc2ccccc2c(=O)[nH]1)Nc1ccc(Nc2ccccc2)cc1. The lowest BCUT2D eigenvalue weighted by Gasteiger charge is -2.09. The molecule has 0 atom stereocenters.